The largest absolute Gasteiger partial charge is 0.338 e. The number of rotatable bonds is 5. The monoisotopic (exact) mass is 377 g/mol. The number of benzene rings is 2. The minimum absolute atomic E-state index is 0.0415. The van der Waals surface area contributed by atoms with Crippen LogP contribution in [-0.2, 0) is 4.79 Å². The van der Waals surface area contributed by atoms with Crippen molar-refractivity contribution in [3.8, 4) is 11.4 Å². The molecule has 1 amide bonds. The number of nitrogens with zero attached hydrogens (tertiary/aromatic N) is 3. The Kier molecular flexibility index (Phi) is 5.41. The van der Waals surface area contributed by atoms with Gasteiger partial charge in [-0.05, 0) is 63.3 Å². The average Bonchev–Trinajstić information content (AvgIpc) is 3.13. The number of carbonyl (C=O) groups excluding carboxylic acids is 1. The van der Waals surface area contributed by atoms with Crippen LogP contribution in [0.4, 0.5) is 5.69 Å². The first-order chi connectivity index (χ1) is 13.6. The zero-order valence-corrected chi connectivity index (χ0v) is 16.5. The number of imidazole rings is 1. The standard InChI is InChI=1S/C22H27N5O/c1-26(2)18-11-13-27(14-12-18)15-21(28)23-17-9-7-16(8-10-17)22-24-19-5-3-4-6-20(19)25-22/h3-10,18H,11-15H2,1-2H3,(H,23,28)(H,24,25). The van der Waals surface area contributed by atoms with Crippen LogP contribution < -0.4 is 5.32 Å². The predicted molar refractivity (Wildman–Crippen MR) is 113 cm³/mol. The van der Waals surface area contributed by atoms with E-state index in [2.05, 4.69) is 39.2 Å². The molecular weight excluding hydrogens is 350 g/mol. The fourth-order valence-corrected chi connectivity index (χ4v) is 3.80. The average molecular weight is 377 g/mol. The quantitative estimate of drug-likeness (QED) is 0.717. The Hall–Kier alpha value is -2.70. The zero-order chi connectivity index (χ0) is 19.5. The first kappa shape index (κ1) is 18.7. The van der Waals surface area contributed by atoms with Crippen LogP contribution in [0.2, 0.25) is 0 Å². The number of hydrogen-bond donors (Lipinski definition) is 2. The molecule has 1 saturated heterocycles. The number of para-hydroxylation sites is 2. The van der Waals surface area contributed by atoms with Gasteiger partial charge in [0.25, 0.3) is 0 Å². The second-order valence-electron chi connectivity index (χ2n) is 7.70. The molecule has 2 N–H and O–H groups in total. The van der Waals surface area contributed by atoms with Gasteiger partial charge >= 0.3 is 0 Å². The van der Waals surface area contributed by atoms with Gasteiger partial charge in [-0.2, -0.15) is 0 Å². The lowest BCUT2D eigenvalue weighted by molar-refractivity contribution is -0.117. The summed E-state index contributed by atoms with van der Waals surface area (Å²) in [4.78, 5) is 24.8. The number of carbonyl (C=O) groups is 1. The molecule has 0 bridgehead atoms. The second kappa shape index (κ2) is 8.12. The summed E-state index contributed by atoms with van der Waals surface area (Å²) in [5.74, 6) is 0.877. The van der Waals surface area contributed by atoms with E-state index in [0.717, 1.165) is 54.0 Å². The molecule has 0 spiro atoms. The van der Waals surface area contributed by atoms with E-state index >= 15 is 0 Å². The Bertz CT molecular complexity index is 906. The summed E-state index contributed by atoms with van der Waals surface area (Å²) < 4.78 is 0. The van der Waals surface area contributed by atoms with Crippen molar-refractivity contribution in [2.45, 2.75) is 18.9 Å². The first-order valence-electron chi connectivity index (χ1n) is 9.82. The SMILES string of the molecule is CN(C)C1CCN(CC(=O)Nc2ccc(-c3nc4ccccc4[nH]3)cc2)CC1. The number of likely N-dealkylation sites (tertiary alicyclic amines) is 1. The molecule has 0 aliphatic carbocycles. The van der Waals surface area contributed by atoms with E-state index < -0.39 is 0 Å². The van der Waals surface area contributed by atoms with Crippen LogP contribution in [0.15, 0.2) is 48.5 Å². The second-order valence-corrected chi connectivity index (χ2v) is 7.70. The Morgan fingerprint density at radius 2 is 1.86 bits per heavy atom. The number of H-pyrrole nitrogens is 1. The van der Waals surface area contributed by atoms with Gasteiger partial charge in [0, 0.05) is 30.4 Å². The van der Waals surface area contributed by atoms with Gasteiger partial charge in [-0.15, -0.1) is 0 Å². The molecule has 4 rings (SSSR count). The van der Waals surface area contributed by atoms with Gasteiger partial charge in [-0.25, -0.2) is 4.98 Å². The van der Waals surface area contributed by atoms with Crippen LogP contribution in [0.3, 0.4) is 0 Å². The van der Waals surface area contributed by atoms with E-state index in [0.29, 0.717) is 12.6 Å². The molecule has 2 aromatic carbocycles. The molecule has 1 aliphatic heterocycles. The summed E-state index contributed by atoms with van der Waals surface area (Å²) in [5.41, 5.74) is 3.79. The number of aromatic nitrogens is 2. The third-order valence-electron chi connectivity index (χ3n) is 5.49. The van der Waals surface area contributed by atoms with Gasteiger partial charge in [0.1, 0.15) is 5.82 Å². The topological polar surface area (TPSA) is 64.3 Å². The molecular formula is C22H27N5O. The fraction of sp³-hybridized carbons (Fsp3) is 0.364. The molecule has 0 radical (unpaired) electrons. The number of hydrogen-bond acceptors (Lipinski definition) is 4. The first-order valence-corrected chi connectivity index (χ1v) is 9.82. The summed E-state index contributed by atoms with van der Waals surface area (Å²) in [6.07, 6.45) is 2.24. The third kappa shape index (κ3) is 4.24. The molecule has 6 nitrogen and oxygen atoms in total. The molecule has 1 aromatic heterocycles. The summed E-state index contributed by atoms with van der Waals surface area (Å²) in [7, 11) is 4.25. The normalized spacial score (nSPS) is 16.0. The highest BCUT2D eigenvalue weighted by Gasteiger charge is 2.21. The summed E-state index contributed by atoms with van der Waals surface area (Å²) in [6, 6.07) is 16.4. The summed E-state index contributed by atoms with van der Waals surface area (Å²) in [6.45, 7) is 2.40. The van der Waals surface area contributed by atoms with Crippen LogP contribution in [0.5, 0.6) is 0 Å². The van der Waals surface area contributed by atoms with Crippen molar-refractivity contribution in [3.63, 3.8) is 0 Å². The molecule has 0 unspecified atom stereocenters. The van der Waals surface area contributed by atoms with Crippen LogP contribution in [0.1, 0.15) is 12.8 Å². The molecule has 3 aromatic rings. The van der Waals surface area contributed by atoms with Crippen molar-refractivity contribution in [1.82, 2.24) is 19.8 Å². The number of anilines is 1. The number of nitrogens with one attached hydrogen (secondary N) is 2. The highest BCUT2D eigenvalue weighted by atomic mass is 16.2. The van der Waals surface area contributed by atoms with Crippen molar-refractivity contribution >= 4 is 22.6 Å². The molecule has 2 heterocycles. The Morgan fingerprint density at radius 3 is 2.54 bits per heavy atom. The van der Waals surface area contributed by atoms with E-state index in [9.17, 15) is 4.79 Å². The van der Waals surface area contributed by atoms with Gasteiger partial charge in [-0.1, -0.05) is 12.1 Å². The predicted octanol–water partition coefficient (Wildman–Crippen LogP) is 3.19. The number of amides is 1. The lowest BCUT2D eigenvalue weighted by atomic mass is 10.0. The molecule has 28 heavy (non-hydrogen) atoms. The van der Waals surface area contributed by atoms with Crippen LogP contribution in [-0.4, -0.2) is 65.4 Å². The molecule has 6 heteroatoms. The smallest absolute Gasteiger partial charge is 0.238 e. The van der Waals surface area contributed by atoms with Crippen molar-refractivity contribution in [2.24, 2.45) is 0 Å². The lowest BCUT2D eigenvalue weighted by Gasteiger charge is -2.34. The van der Waals surface area contributed by atoms with Crippen molar-refractivity contribution in [1.29, 1.82) is 0 Å². The van der Waals surface area contributed by atoms with E-state index in [4.69, 9.17) is 0 Å². The molecule has 1 aliphatic rings. The minimum atomic E-state index is 0.0415. The van der Waals surface area contributed by atoms with Crippen LogP contribution >= 0.6 is 0 Å². The van der Waals surface area contributed by atoms with Crippen LogP contribution in [0.25, 0.3) is 22.4 Å². The van der Waals surface area contributed by atoms with E-state index in [1.54, 1.807) is 0 Å². The Balaban J connectivity index is 1.33. The van der Waals surface area contributed by atoms with Crippen LogP contribution in [0, 0.1) is 0 Å². The van der Waals surface area contributed by atoms with E-state index in [1.165, 1.54) is 0 Å². The zero-order valence-electron chi connectivity index (χ0n) is 16.5. The summed E-state index contributed by atoms with van der Waals surface area (Å²) in [5, 5.41) is 3.01. The Labute approximate surface area is 165 Å². The maximum atomic E-state index is 12.4. The minimum Gasteiger partial charge on any atom is -0.338 e. The maximum Gasteiger partial charge on any atom is 0.238 e. The van der Waals surface area contributed by atoms with Gasteiger partial charge in [0.2, 0.25) is 5.91 Å². The number of fused-ring (bicyclic) bond motifs is 1. The van der Waals surface area contributed by atoms with Gasteiger partial charge in [-0.3, -0.25) is 9.69 Å². The van der Waals surface area contributed by atoms with E-state index in [-0.39, 0.29) is 5.91 Å². The van der Waals surface area contributed by atoms with Gasteiger partial charge in [0.05, 0.1) is 17.6 Å². The van der Waals surface area contributed by atoms with Crippen molar-refractivity contribution in [2.75, 3.05) is 39.0 Å². The van der Waals surface area contributed by atoms with Gasteiger partial charge < -0.3 is 15.2 Å². The molecule has 0 saturated carbocycles. The summed E-state index contributed by atoms with van der Waals surface area (Å²) >= 11 is 0. The Morgan fingerprint density at radius 1 is 1.14 bits per heavy atom. The van der Waals surface area contributed by atoms with Crippen molar-refractivity contribution < 1.29 is 4.79 Å². The van der Waals surface area contributed by atoms with E-state index in [1.807, 2.05) is 48.5 Å². The lowest BCUT2D eigenvalue weighted by Crippen LogP contribution is -2.44. The molecule has 0 atom stereocenters. The highest BCUT2D eigenvalue weighted by Crippen LogP contribution is 2.22. The fourth-order valence-electron chi connectivity index (χ4n) is 3.80. The third-order valence-corrected chi connectivity index (χ3v) is 5.49. The van der Waals surface area contributed by atoms with Crippen molar-refractivity contribution in [3.05, 3.63) is 48.5 Å². The number of piperidine rings is 1. The molecule has 1 fully saturated rings. The maximum absolute atomic E-state index is 12.4. The number of aromatic amines is 1. The highest BCUT2D eigenvalue weighted by molar-refractivity contribution is 5.92. The van der Waals surface area contributed by atoms with Gasteiger partial charge in [0.15, 0.2) is 0 Å². The molecule has 146 valence electrons.